The summed E-state index contributed by atoms with van der Waals surface area (Å²) in [5.41, 5.74) is 1.77. The predicted octanol–water partition coefficient (Wildman–Crippen LogP) is 2.09. The number of ether oxygens (including phenoxy) is 1. The van der Waals surface area contributed by atoms with Crippen LogP contribution in [-0.2, 0) is 6.42 Å². The minimum atomic E-state index is 0.647. The summed E-state index contributed by atoms with van der Waals surface area (Å²) in [5.74, 6) is 0.822. The quantitative estimate of drug-likeness (QED) is 0.438. The van der Waals surface area contributed by atoms with Gasteiger partial charge >= 0.3 is 0 Å². The first-order chi connectivity index (χ1) is 6.26. The first-order valence-electron chi connectivity index (χ1n) is 4.06. The van der Waals surface area contributed by atoms with E-state index in [1.54, 1.807) is 14.0 Å². The predicted molar refractivity (Wildman–Crippen MR) is 51.6 cm³/mol. The SMILES string of the molecule is COc1cccc(C/C(C)=N/O)c1. The number of methoxy groups -OCH3 is 1. The van der Waals surface area contributed by atoms with Crippen LogP contribution in [0.4, 0.5) is 0 Å². The van der Waals surface area contributed by atoms with Crippen LogP contribution in [0.3, 0.4) is 0 Å². The van der Waals surface area contributed by atoms with Gasteiger partial charge in [-0.2, -0.15) is 0 Å². The molecule has 0 bridgehead atoms. The van der Waals surface area contributed by atoms with Crippen LogP contribution < -0.4 is 4.74 Å². The number of hydrogen-bond acceptors (Lipinski definition) is 3. The number of oxime groups is 1. The van der Waals surface area contributed by atoms with Crippen molar-refractivity contribution in [2.45, 2.75) is 13.3 Å². The maximum Gasteiger partial charge on any atom is 0.119 e. The number of rotatable bonds is 3. The average Bonchev–Trinajstić information content (AvgIpc) is 2.18. The van der Waals surface area contributed by atoms with E-state index in [4.69, 9.17) is 9.94 Å². The van der Waals surface area contributed by atoms with E-state index >= 15 is 0 Å². The highest BCUT2D eigenvalue weighted by Crippen LogP contribution is 2.13. The molecule has 0 amide bonds. The third kappa shape index (κ3) is 2.78. The lowest BCUT2D eigenvalue weighted by molar-refractivity contribution is 0.317. The van der Waals surface area contributed by atoms with Gasteiger partial charge in [0.25, 0.3) is 0 Å². The Morgan fingerprint density at radius 1 is 1.54 bits per heavy atom. The van der Waals surface area contributed by atoms with Crippen LogP contribution in [0.5, 0.6) is 5.75 Å². The molecule has 0 radical (unpaired) electrons. The third-order valence-corrected chi connectivity index (χ3v) is 1.76. The Balaban J connectivity index is 2.77. The van der Waals surface area contributed by atoms with Crippen molar-refractivity contribution >= 4 is 5.71 Å². The normalized spacial score (nSPS) is 11.4. The molecule has 0 saturated heterocycles. The van der Waals surface area contributed by atoms with Crippen molar-refractivity contribution < 1.29 is 9.94 Å². The summed E-state index contributed by atoms with van der Waals surface area (Å²) in [5, 5.41) is 11.6. The smallest absolute Gasteiger partial charge is 0.119 e. The summed E-state index contributed by atoms with van der Waals surface area (Å²) in [6.45, 7) is 1.78. The van der Waals surface area contributed by atoms with Gasteiger partial charge in [-0.05, 0) is 24.6 Å². The monoisotopic (exact) mass is 179 g/mol. The lowest BCUT2D eigenvalue weighted by Gasteiger charge is -2.02. The van der Waals surface area contributed by atoms with Crippen molar-refractivity contribution in [1.82, 2.24) is 0 Å². The van der Waals surface area contributed by atoms with Gasteiger partial charge in [0.1, 0.15) is 5.75 Å². The van der Waals surface area contributed by atoms with Crippen LogP contribution in [-0.4, -0.2) is 18.0 Å². The van der Waals surface area contributed by atoms with Crippen molar-refractivity contribution in [1.29, 1.82) is 0 Å². The van der Waals surface area contributed by atoms with Gasteiger partial charge in [0.2, 0.25) is 0 Å². The highest BCUT2D eigenvalue weighted by atomic mass is 16.5. The molecule has 13 heavy (non-hydrogen) atoms. The molecule has 1 rings (SSSR count). The molecule has 0 atom stereocenters. The van der Waals surface area contributed by atoms with E-state index in [-0.39, 0.29) is 0 Å². The van der Waals surface area contributed by atoms with Crippen molar-refractivity contribution in [3.63, 3.8) is 0 Å². The molecule has 3 nitrogen and oxygen atoms in total. The molecular weight excluding hydrogens is 166 g/mol. The molecule has 0 spiro atoms. The molecule has 1 N–H and O–H groups in total. The van der Waals surface area contributed by atoms with Gasteiger partial charge in [-0.1, -0.05) is 17.3 Å². The molecule has 70 valence electrons. The molecule has 0 aliphatic carbocycles. The van der Waals surface area contributed by atoms with Crippen LogP contribution in [0.15, 0.2) is 29.4 Å². The Labute approximate surface area is 77.6 Å². The van der Waals surface area contributed by atoms with E-state index in [1.165, 1.54) is 0 Å². The van der Waals surface area contributed by atoms with Crippen LogP contribution in [0.1, 0.15) is 12.5 Å². The van der Waals surface area contributed by atoms with Gasteiger partial charge in [-0.3, -0.25) is 0 Å². The van der Waals surface area contributed by atoms with Gasteiger partial charge in [0.05, 0.1) is 12.8 Å². The zero-order valence-electron chi connectivity index (χ0n) is 7.82. The highest BCUT2D eigenvalue weighted by Gasteiger charge is 1.97. The Kier molecular flexibility index (Phi) is 3.31. The molecule has 0 aliphatic rings. The van der Waals surface area contributed by atoms with Gasteiger partial charge in [0.15, 0.2) is 0 Å². The molecule has 0 saturated carbocycles. The summed E-state index contributed by atoms with van der Waals surface area (Å²) in [6.07, 6.45) is 0.647. The maximum absolute atomic E-state index is 8.48. The van der Waals surface area contributed by atoms with Gasteiger partial charge < -0.3 is 9.94 Å². The van der Waals surface area contributed by atoms with Crippen molar-refractivity contribution in [2.24, 2.45) is 5.16 Å². The Hall–Kier alpha value is -1.51. The molecule has 0 heterocycles. The van der Waals surface area contributed by atoms with E-state index in [9.17, 15) is 0 Å². The topological polar surface area (TPSA) is 41.8 Å². The third-order valence-electron chi connectivity index (χ3n) is 1.76. The molecule has 1 aromatic carbocycles. The molecule has 0 aliphatic heterocycles. The van der Waals surface area contributed by atoms with Crippen molar-refractivity contribution in [3.8, 4) is 5.75 Å². The fourth-order valence-electron chi connectivity index (χ4n) is 1.11. The van der Waals surface area contributed by atoms with Gasteiger partial charge in [-0.15, -0.1) is 0 Å². The molecule has 1 aromatic rings. The summed E-state index contributed by atoms with van der Waals surface area (Å²) >= 11 is 0. The zero-order valence-corrected chi connectivity index (χ0v) is 7.82. The fourth-order valence-corrected chi connectivity index (χ4v) is 1.11. The molecule has 0 unspecified atom stereocenters. The second kappa shape index (κ2) is 4.50. The van der Waals surface area contributed by atoms with E-state index in [2.05, 4.69) is 5.16 Å². The standard InChI is InChI=1S/C10H13NO2/c1-8(11-12)6-9-4-3-5-10(7-9)13-2/h3-5,7,12H,6H2,1-2H3/b11-8+. The first kappa shape index (κ1) is 9.58. The second-order valence-electron chi connectivity index (χ2n) is 2.86. The van der Waals surface area contributed by atoms with E-state index in [0.29, 0.717) is 12.1 Å². The van der Waals surface area contributed by atoms with Gasteiger partial charge in [0, 0.05) is 6.42 Å². The van der Waals surface area contributed by atoms with Crippen LogP contribution in [0, 0.1) is 0 Å². The molecular formula is C10H13NO2. The second-order valence-corrected chi connectivity index (χ2v) is 2.86. The first-order valence-corrected chi connectivity index (χ1v) is 4.06. The number of benzene rings is 1. The largest absolute Gasteiger partial charge is 0.497 e. The zero-order chi connectivity index (χ0) is 9.68. The molecule has 0 aromatic heterocycles. The summed E-state index contributed by atoms with van der Waals surface area (Å²) in [7, 11) is 1.63. The van der Waals surface area contributed by atoms with Crippen molar-refractivity contribution in [3.05, 3.63) is 29.8 Å². The Morgan fingerprint density at radius 2 is 2.31 bits per heavy atom. The molecule has 3 heteroatoms. The minimum Gasteiger partial charge on any atom is -0.497 e. The summed E-state index contributed by atoms with van der Waals surface area (Å²) in [4.78, 5) is 0. The molecule has 0 fully saturated rings. The van der Waals surface area contributed by atoms with Crippen LogP contribution in [0.25, 0.3) is 0 Å². The van der Waals surface area contributed by atoms with E-state index < -0.39 is 0 Å². The Bertz CT molecular complexity index is 308. The number of hydrogen-bond donors (Lipinski definition) is 1. The minimum absolute atomic E-state index is 0.647. The van der Waals surface area contributed by atoms with E-state index in [1.807, 2.05) is 24.3 Å². The summed E-state index contributed by atoms with van der Waals surface area (Å²) in [6, 6.07) is 7.69. The number of nitrogens with zero attached hydrogens (tertiary/aromatic N) is 1. The van der Waals surface area contributed by atoms with Gasteiger partial charge in [-0.25, -0.2) is 0 Å². The summed E-state index contributed by atoms with van der Waals surface area (Å²) < 4.78 is 5.07. The fraction of sp³-hybridized carbons (Fsp3) is 0.300. The van der Waals surface area contributed by atoms with Crippen molar-refractivity contribution in [2.75, 3.05) is 7.11 Å². The van der Waals surface area contributed by atoms with E-state index in [0.717, 1.165) is 11.3 Å². The highest BCUT2D eigenvalue weighted by molar-refractivity contribution is 5.83. The maximum atomic E-state index is 8.48. The lowest BCUT2D eigenvalue weighted by atomic mass is 10.1. The Morgan fingerprint density at radius 3 is 2.92 bits per heavy atom. The van der Waals surface area contributed by atoms with Crippen LogP contribution in [0.2, 0.25) is 0 Å². The average molecular weight is 179 g/mol. The lowest BCUT2D eigenvalue weighted by Crippen LogP contribution is -1.97. The van der Waals surface area contributed by atoms with Crippen LogP contribution >= 0.6 is 0 Å².